The molecule has 0 fully saturated rings. The number of hydrogen-bond acceptors (Lipinski definition) is 4. The van der Waals surface area contributed by atoms with E-state index in [1.165, 1.54) is 12.3 Å². The highest BCUT2D eigenvalue weighted by atomic mass is 32.2. The van der Waals surface area contributed by atoms with Gasteiger partial charge in [0.2, 0.25) is 5.09 Å². The van der Waals surface area contributed by atoms with E-state index in [0.29, 0.717) is 23.0 Å². The average molecular weight is 251 g/mol. The van der Waals surface area contributed by atoms with Crippen LogP contribution in [0.4, 0.5) is 0 Å². The van der Waals surface area contributed by atoms with Crippen LogP contribution in [0.25, 0.3) is 11.1 Å². The first-order valence-electron chi connectivity index (χ1n) is 4.68. The van der Waals surface area contributed by atoms with Crippen molar-refractivity contribution in [1.29, 1.82) is 0 Å². The van der Waals surface area contributed by atoms with Crippen molar-refractivity contribution < 1.29 is 17.6 Å². The zero-order valence-corrected chi connectivity index (χ0v) is 9.48. The molecule has 0 atom stereocenters. The molecule has 1 aromatic carbocycles. The summed E-state index contributed by atoms with van der Waals surface area (Å²) < 4.78 is 27.3. The maximum atomic E-state index is 11.2. The van der Waals surface area contributed by atoms with Gasteiger partial charge in [0.1, 0.15) is 6.29 Å². The lowest BCUT2D eigenvalue weighted by Gasteiger charge is -2.01. The molecule has 0 aliphatic heterocycles. The second-order valence-corrected chi connectivity index (χ2v) is 4.87. The Kier molecular flexibility index (Phi) is 2.83. The van der Waals surface area contributed by atoms with Crippen LogP contribution >= 0.6 is 0 Å². The van der Waals surface area contributed by atoms with Gasteiger partial charge in [0.25, 0.3) is 10.0 Å². The van der Waals surface area contributed by atoms with E-state index in [0.717, 1.165) is 0 Å². The zero-order chi connectivity index (χ0) is 12.5. The van der Waals surface area contributed by atoms with Crippen molar-refractivity contribution in [2.75, 3.05) is 0 Å². The summed E-state index contributed by atoms with van der Waals surface area (Å²) in [4.78, 5) is 10.5. The third-order valence-corrected chi connectivity index (χ3v) is 3.08. The van der Waals surface area contributed by atoms with Gasteiger partial charge in [0.15, 0.2) is 0 Å². The minimum Gasteiger partial charge on any atom is -0.451 e. The van der Waals surface area contributed by atoms with E-state index in [2.05, 4.69) is 0 Å². The van der Waals surface area contributed by atoms with Crippen molar-refractivity contribution in [2.45, 2.75) is 5.09 Å². The second kappa shape index (κ2) is 4.15. The molecule has 0 saturated heterocycles. The minimum absolute atomic E-state index is 0.281. The molecular formula is C11H9NO4S. The van der Waals surface area contributed by atoms with Crippen molar-refractivity contribution in [1.82, 2.24) is 0 Å². The Morgan fingerprint density at radius 3 is 2.29 bits per heavy atom. The fourth-order valence-electron chi connectivity index (χ4n) is 1.47. The third-order valence-electron chi connectivity index (χ3n) is 2.25. The molecule has 0 aliphatic rings. The Bertz CT molecular complexity index is 640. The van der Waals surface area contributed by atoms with Crippen LogP contribution in [0.1, 0.15) is 10.4 Å². The van der Waals surface area contributed by atoms with Crippen molar-refractivity contribution in [2.24, 2.45) is 5.14 Å². The molecule has 0 bridgehead atoms. The highest BCUT2D eigenvalue weighted by molar-refractivity contribution is 7.89. The number of sulfonamides is 1. The first-order chi connectivity index (χ1) is 8.02. The smallest absolute Gasteiger partial charge is 0.272 e. The highest BCUT2D eigenvalue weighted by Crippen LogP contribution is 2.27. The average Bonchev–Trinajstić information content (AvgIpc) is 2.78. The van der Waals surface area contributed by atoms with Gasteiger partial charge in [-0.1, -0.05) is 24.3 Å². The number of aldehydes is 1. The predicted molar refractivity (Wildman–Crippen MR) is 60.9 cm³/mol. The van der Waals surface area contributed by atoms with Crippen LogP contribution < -0.4 is 5.14 Å². The van der Waals surface area contributed by atoms with Gasteiger partial charge in [-0.3, -0.25) is 4.79 Å². The van der Waals surface area contributed by atoms with Crippen LogP contribution in [0.3, 0.4) is 0 Å². The summed E-state index contributed by atoms with van der Waals surface area (Å²) in [5, 5.41) is 4.74. The Labute approximate surface area is 97.9 Å². The number of hydrogen-bond donors (Lipinski definition) is 1. The van der Waals surface area contributed by atoms with Crippen LogP contribution in [-0.4, -0.2) is 14.7 Å². The van der Waals surface area contributed by atoms with E-state index < -0.39 is 10.0 Å². The van der Waals surface area contributed by atoms with E-state index in [1.807, 2.05) is 0 Å². The van der Waals surface area contributed by atoms with E-state index in [-0.39, 0.29) is 5.09 Å². The molecule has 2 rings (SSSR count). The zero-order valence-electron chi connectivity index (χ0n) is 8.66. The number of carbonyl (C=O) groups excluding carboxylic acids is 1. The summed E-state index contributed by atoms with van der Waals surface area (Å²) >= 11 is 0. The molecular weight excluding hydrogens is 242 g/mol. The molecule has 6 heteroatoms. The first kappa shape index (κ1) is 11.6. The van der Waals surface area contributed by atoms with E-state index in [9.17, 15) is 13.2 Å². The molecule has 17 heavy (non-hydrogen) atoms. The quantitative estimate of drug-likeness (QED) is 0.835. The standard InChI is InChI=1S/C11H9NO4S/c12-17(14,15)11-10(5-6-16-11)9-3-1-8(7-13)2-4-9/h1-7H,(H2,12,14,15). The number of benzene rings is 1. The maximum Gasteiger partial charge on any atom is 0.272 e. The van der Waals surface area contributed by atoms with Crippen molar-refractivity contribution >= 4 is 16.3 Å². The van der Waals surface area contributed by atoms with Crippen molar-refractivity contribution in [3.63, 3.8) is 0 Å². The Morgan fingerprint density at radius 2 is 1.76 bits per heavy atom. The summed E-state index contributed by atoms with van der Waals surface area (Å²) in [6.07, 6.45) is 1.96. The van der Waals surface area contributed by atoms with Crippen LogP contribution in [0, 0.1) is 0 Å². The van der Waals surface area contributed by atoms with Crippen LogP contribution in [-0.2, 0) is 10.0 Å². The van der Waals surface area contributed by atoms with Gasteiger partial charge < -0.3 is 4.42 Å². The van der Waals surface area contributed by atoms with Gasteiger partial charge in [-0.05, 0) is 11.6 Å². The molecule has 0 saturated carbocycles. The van der Waals surface area contributed by atoms with Crippen LogP contribution in [0.5, 0.6) is 0 Å². The minimum atomic E-state index is -3.89. The summed E-state index contributed by atoms with van der Waals surface area (Å²) in [5.41, 5.74) is 1.51. The molecule has 0 spiro atoms. The van der Waals surface area contributed by atoms with Gasteiger partial charge in [-0.25, -0.2) is 13.6 Å². The number of carbonyl (C=O) groups is 1. The Hall–Kier alpha value is -1.92. The SMILES string of the molecule is NS(=O)(=O)c1occc1-c1ccc(C=O)cc1. The van der Waals surface area contributed by atoms with Gasteiger partial charge in [-0.2, -0.15) is 0 Å². The molecule has 88 valence electrons. The molecule has 1 aromatic heterocycles. The number of furan rings is 1. The number of rotatable bonds is 3. The lowest BCUT2D eigenvalue weighted by Crippen LogP contribution is -2.12. The van der Waals surface area contributed by atoms with E-state index in [4.69, 9.17) is 9.56 Å². The number of primary sulfonamides is 1. The molecule has 1 heterocycles. The van der Waals surface area contributed by atoms with E-state index >= 15 is 0 Å². The summed E-state index contributed by atoms with van der Waals surface area (Å²) in [6, 6.07) is 7.94. The molecule has 0 radical (unpaired) electrons. The number of nitrogens with two attached hydrogens (primary N) is 1. The first-order valence-corrected chi connectivity index (χ1v) is 6.23. The highest BCUT2D eigenvalue weighted by Gasteiger charge is 2.18. The molecule has 2 N–H and O–H groups in total. The summed E-state index contributed by atoms with van der Waals surface area (Å²) in [7, 11) is -3.89. The summed E-state index contributed by atoms with van der Waals surface area (Å²) in [5.74, 6) is 0. The predicted octanol–water partition coefficient (Wildman–Crippen LogP) is 1.41. The molecule has 0 unspecified atom stereocenters. The van der Waals surface area contributed by atoms with Gasteiger partial charge in [-0.15, -0.1) is 0 Å². The monoisotopic (exact) mass is 251 g/mol. The summed E-state index contributed by atoms with van der Waals surface area (Å²) in [6.45, 7) is 0. The van der Waals surface area contributed by atoms with E-state index in [1.54, 1.807) is 24.3 Å². The van der Waals surface area contributed by atoms with Gasteiger partial charge in [0.05, 0.1) is 6.26 Å². The fourth-order valence-corrected chi connectivity index (χ4v) is 2.15. The Balaban J connectivity index is 2.54. The van der Waals surface area contributed by atoms with Crippen LogP contribution in [0.2, 0.25) is 0 Å². The maximum absolute atomic E-state index is 11.2. The van der Waals surface area contributed by atoms with Crippen molar-refractivity contribution in [3.8, 4) is 11.1 Å². The second-order valence-electron chi connectivity index (χ2n) is 3.41. The topological polar surface area (TPSA) is 90.4 Å². The normalized spacial score (nSPS) is 11.4. The van der Waals surface area contributed by atoms with Crippen LogP contribution in [0.15, 0.2) is 46.1 Å². The molecule has 5 nitrogen and oxygen atoms in total. The van der Waals surface area contributed by atoms with Crippen molar-refractivity contribution in [3.05, 3.63) is 42.2 Å². The van der Waals surface area contributed by atoms with Gasteiger partial charge in [0, 0.05) is 11.1 Å². The third kappa shape index (κ3) is 2.27. The lowest BCUT2D eigenvalue weighted by atomic mass is 10.1. The largest absolute Gasteiger partial charge is 0.451 e. The molecule has 2 aromatic rings. The van der Waals surface area contributed by atoms with Gasteiger partial charge >= 0.3 is 0 Å². The molecule has 0 amide bonds. The fraction of sp³-hybridized carbons (Fsp3) is 0. The molecule has 0 aliphatic carbocycles. The Morgan fingerprint density at radius 1 is 1.12 bits per heavy atom. The lowest BCUT2D eigenvalue weighted by molar-refractivity contribution is 0.112.